The van der Waals surface area contributed by atoms with Crippen LogP contribution in [-0.4, -0.2) is 29.9 Å². The highest BCUT2D eigenvalue weighted by molar-refractivity contribution is 7.14. The Hall–Kier alpha value is -2.99. The fourth-order valence-electron chi connectivity index (χ4n) is 3.18. The number of fused-ring (bicyclic) bond motifs is 1. The van der Waals surface area contributed by atoms with Gasteiger partial charge in [0.25, 0.3) is 11.8 Å². The van der Waals surface area contributed by atoms with E-state index in [4.69, 9.17) is 0 Å². The molecule has 5 nitrogen and oxygen atoms in total. The van der Waals surface area contributed by atoms with Crippen LogP contribution >= 0.6 is 11.3 Å². The first-order valence-electron chi connectivity index (χ1n) is 8.89. The quantitative estimate of drug-likeness (QED) is 0.742. The van der Waals surface area contributed by atoms with Gasteiger partial charge in [-0.2, -0.15) is 0 Å². The fourth-order valence-corrected chi connectivity index (χ4v) is 4.25. The molecule has 1 aliphatic rings. The van der Waals surface area contributed by atoms with Crippen molar-refractivity contribution in [3.63, 3.8) is 0 Å². The van der Waals surface area contributed by atoms with Gasteiger partial charge in [-0.15, -0.1) is 11.3 Å². The molecule has 4 rings (SSSR count). The third-order valence-electron chi connectivity index (χ3n) is 4.56. The summed E-state index contributed by atoms with van der Waals surface area (Å²) in [6, 6.07) is 15.4. The maximum absolute atomic E-state index is 12.7. The molecule has 0 radical (unpaired) electrons. The molecule has 3 heterocycles. The maximum atomic E-state index is 12.7. The van der Waals surface area contributed by atoms with Gasteiger partial charge in [0.15, 0.2) is 0 Å². The second-order valence-electron chi connectivity index (χ2n) is 6.36. The number of hydrogen-bond acceptors (Lipinski definition) is 4. The third kappa shape index (κ3) is 3.75. The van der Waals surface area contributed by atoms with Crippen molar-refractivity contribution in [2.24, 2.45) is 0 Å². The largest absolute Gasteiger partial charge is 0.351 e. The van der Waals surface area contributed by atoms with E-state index in [0.717, 1.165) is 23.4 Å². The zero-order valence-corrected chi connectivity index (χ0v) is 15.5. The van der Waals surface area contributed by atoms with E-state index >= 15 is 0 Å². The number of amides is 2. The van der Waals surface area contributed by atoms with Gasteiger partial charge in [0, 0.05) is 36.8 Å². The molecule has 0 atom stereocenters. The smallest absolute Gasteiger partial charge is 0.261 e. The van der Waals surface area contributed by atoms with E-state index in [1.54, 1.807) is 29.4 Å². The van der Waals surface area contributed by atoms with Crippen LogP contribution in [0.1, 0.15) is 30.5 Å². The SMILES string of the molecule is O=C(NCCc1ccccc1)c1cc2c(s1)CCN2C(=O)c1cccnc1. The number of carbonyl (C=O) groups excluding carboxylic acids is 2. The molecule has 2 aromatic heterocycles. The lowest BCUT2D eigenvalue weighted by Crippen LogP contribution is -2.29. The molecule has 0 unspecified atom stereocenters. The van der Waals surface area contributed by atoms with Crippen molar-refractivity contribution in [2.45, 2.75) is 12.8 Å². The lowest BCUT2D eigenvalue weighted by Gasteiger charge is -2.15. The second-order valence-corrected chi connectivity index (χ2v) is 7.50. The third-order valence-corrected chi connectivity index (χ3v) is 5.74. The Bertz CT molecular complexity index is 954. The van der Waals surface area contributed by atoms with Crippen LogP contribution in [-0.2, 0) is 12.8 Å². The number of benzene rings is 1. The monoisotopic (exact) mass is 377 g/mol. The van der Waals surface area contributed by atoms with Crippen molar-refractivity contribution in [3.8, 4) is 0 Å². The molecule has 0 spiro atoms. The van der Waals surface area contributed by atoms with Crippen molar-refractivity contribution < 1.29 is 9.59 Å². The second kappa shape index (κ2) is 7.72. The molecule has 1 aliphatic heterocycles. The van der Waals surface area contributed by atoms with Gasteiger partial charge in [0.2, 0.25) is 0 Å². The van der Waals surface area contributed by atoms with Crippen LogP contribution in [0.4, 0.5) is 5.69 Å². The first-order valence-corrected chi connectivity index (χ1v) is 9.71. The number of anilines is 1. The van der Waals surface area contributed by atoms with Crippen molar-refractivity contribution in [1.82, 2.24) is 10.3 Å². The normalized spacial score (nSPS) is 12.7. The van der Waals surface area contributed by atoms with Gasteiger partial charge in [-0.25, -0.2) is 0 Å². The highest BCUT2D eigenvalue weighted by atomic mass is 32.1. The molecule has 0 saturated carbocycles. The highest BCUT2D eigenvalue weighted by Crippen LogP contribution is 2.36. The van der Waals surface area contributed by atoms with Crippen molar-refractivity contribution in [1.29, 1.82) is 0 Å². The Labute approximate surface area is 161 Å². The molecule has 3 aromatic rings. The minimum absolute atomic E-state index is 0.0734. The van der Waals surface area contributed by atoms with E-state index in [1.807, 2.05) is 36.4 Å². The lowest BCUT2D eigenvalue weighted by molar-refractivity contribution is 0.0955. The van der Waals surface area contributed by atoms with Crippen LogP contribution in [0.15, 0.2) is 60.9 Å². The van der Waals surface area contributed by atoms with Crippen LogP contribution in [0.25, 0.3) is 0 Å². The number of carbonyl (C=O) groups is 2. The van der Waals surface area contributed by atoms with Crippen molar-refractivity contribution in [3.05, 3.63) is 81.8 Å². The molecule has 27 heavy (non-hydrogen) atoms. The summed E-state index contributed by atoms with van der Waals surface area (Å²) in [6.07, 6.45) is 4.80. The lowest BCUT2D eigenvalue weighted by atomic mass is 10.1. The number of nitrogens with zero attached hydrogens (tertiary/aromatic N) is 2. The first-order chi connectivity index (χ1) is 13.2. The number of rotatable bonds is 5. The molecule has 0 fully saturated rings. The zero-order chi connectivity index (χ0) is 18.6. The molecule has 0 bridgehead atoms. The zero-order valence-electron chi connectivity index (χ0n) is 14.7. The van der Waals surface area contributed by atoms with E-state index in [0.29, 0.717) is 23.5 Å². The minimum Gasteiger partial charge on any atom is -0.351 e. The van der Waals surface area contributed by atoms with Gasteiger partial charge < -0.3 is 10.2 Å². The summed E-state index contributed by atoms with van der Waals surface area (Å²) in [4.78, 5) is 32.7. The number of nitrogens with one attached hydrogen (secondary N) is 1. The topological polar surface area (TPSA) is 62.3 Å². The Morgan fingerprint density at radius 2 is 2.00 bits per heavy atom. The summed E-state index contributed by atoms with van der Waals surface area (Å²) < 4.78 is 0. The Balaban J connectivity index is 1.41. The van der Waals surface area contributed by atoms with Crippen LogP contribution in [0.2, 0.25) is 0 Å². The van der Waals surface area contributed by atoms with Gasteiger partial charge in [-0.1, -0.05) is 30.3 Å². The minimum atomic E-state index is -0.0842. The Morgan fingerprint density at radius 1 is 1.15 bits per heavy atom. The van der Waals surface area contributed by atoms with E-state index in [2.05, 4.69) is 10.3 Å². The van der Waals surface area contributed by atoms with Gasteiger partial charge in [-0.3, -0.25) is 14.6 Å². The summed E-state index contributed by atoms with van der Waals surface area (Å²) in [7, 11) is 0. The van der Waals surface area contributed by atoms with Crippen LogP contribution in [0.5, 0.6) is 0 Å². The van der Waals surface area contributed by atoms with E-state index < -0.39 is 0 Å². The molecular weight excluding hydrogens is 358 g/mol. The average molecular weight is 377 g/mol. The molecular formula is C21H19N3O2S. The average Bonchev–Trinajstić information content (AvgIpc) is 3.30. The van der Waals surface area contributed by atoms with Crippen molar-refractivity contribution >= 4 is 28.8 Å². The summed E-state index contributed by atoms with van der Waals surface area (Å²) >= 11 is 1.47. The molecule has 2 amide bonds. The van der Waals surface area contributed by atoms with Gasteiger partial charge >= 0.3 is 0 Å². The number of aromatic nitrogens is 1. The highest BCUT2D eigenvalue weighted by Gasteiger charge is 2.29. The maximum Gasteiger partial charge on any atom is 0.261 e. The van der Waals surface area contributed by atoms with Crippen LogP contribution in [0, 0.1) is 0 Å². The van der Waals surface area contributed by atoms with E-state index in [1.165, 1.54) is 16.9 Å². The van der Waals surface area contributed by atoms with E-state index in [9.17, 15) is 9.59 Å². The first kappa shape index (κ1) is 17.4. The van der Waals surface area contributed by atoms with Crippen LogP contribution in [0.3, 0.4) is 0 Å². The van der Waals surface area contributed by atoms with Crippen LogP contribution < -0.4 is 10.2 Å². The van der Waals surface area contributed by atoms with Crippen molar-refractivity contribution in [2.75, 3.05) is 18.0 Å². The standard InChI is InChI=1S/C21H19N3O2S/c25-20(23-11-8-15-5-2-1-3-6-15)19-13-17-18(27-19)9-12-24(17)21(26)16-7-4-10-22-14-16/h1-7,10,13-14H,8-9,11-12H2,(H,23,25). The van der Waals surface area contributed by atoms with Gasteiger partial charge in [-0.05, 0) is 30.2 Å². The fraction of sp³-hybridized carbons (Fsp3) is 0.190. The van der Waals surface area contributed by atoms with Gasteiger partial charge in [0.05, 0.1) is 16.1 Å². The number of thiophene rings is 1. The summed E-state index contributed by atoms with van der Waals surface area (Å²) in [5.41, 5.74) is 2.60. The number of pyridine rings is 1. The molecule has 0 saturated heterocycles. The number of hydrogen-bond donors (Lipinski definition) is 1. The predicted molar refractivity (Wildman–Crippen MR) is 106 cm³/mol. The molecule has 136 valence electrons. The Kier molecular flexibility index (Phi) is 4.98. The molecule has 0 aliphatic carbocycles. The van der Waals surface area contributed by atoms with Gasteiger partial charge in [0.1, 0.15) is 0 Å². The summed E-state index contributed by atoms with van der Waals surface area (Å²) in [6.45, 7) is 1.23. The summed E-state index contributed by atoms with van der Waals surface area (Å²) in [5, 5.41) is 2.97. The van der Waals surface area contributed by atoms with E-state index in [-0.39, 0.29) is 11.8 Å². The Morgan fingerprint density at radius 3 is 2.78 bits per heavy atom. The molecule has 1 N–H and O–H groups in total. The predicted octanol–water partition coefficient (Wildman–Crippen LogP) is 3.32. The molecule has 1 aromatic carbocycles. The summed E-state index contributed by atoms with van der Waals surface area (Å²) in [5.74, 6) is -0.158. The molecule has 6 heteroatoms.